The highest BCUT2D eigenvalue weighted by atomic mass is 35.5. The minimum atomic E-state index is -0.194. The number of hydrogen-bond acceptors (Lipinski definition) is 2. The maximum absolute atomic E-state index is 10.7. The van der Waals surface area contributed by atoms with Crippen molar-refractivity contribution in [3.8, 4) is 5.75 Å². The van der Waals surface area contributed by atoms with Crippen LogP contribution in [0.3, 0.4) is 0 Å². The Morgan fingerprint density at radius 1 is 1.60 bits per heavy atom. The number of pyridine rings is 1. The van der Waals surface area contributed by atoms with Crippen molar-refractivity contribution in [2.75, 3.05) is 7.11 Å². The number of H-pyrrole nitrogens is 1. The van der Waals surface area contributed by atoms with E-state index >= 15 is 0 Å². The second kappa shape index (κ2) is 3.95. The molecule has 0 atom stereocenters. The normalized spacial score (nSPS) is 8.10. The smallest absolute Gasteiger partial charge is 0.290 e. The topological polar surface area (TPSA) is 42.1 Å². The number of aromatic amines is 1. The SMILES string of the molecule is COc1ccc[nH]c1=O.Cl. The summed E-state index contributed by atoms with van der Waals surface area (Å²) in [6, 6.07) is 3.32. The third-order valence-corrected chi connectivity index (χ3v) is 1.00. The molecule has 56 valence electrons. The average Bonchev–Trinajstić information content (AvgIpc) is 1.89. The van der Waals surface area contributed by atoms with Gasteiger partial charge in [0.25, 0.3) is 5.56 Å². The molecule has 0 bridgehead atoms. The molecule has 1 heterocycles. The van der Waals surface area contributed by atoms with Gasteiger partial charge in [0, 0.05) is 6.20 Å². The van der Waals surface area contributed by atoms with Crippen LogP contribution in [-0.4, -0.2) is 12.1 Å². The van der Waals surface area contributed by atoms with E-state index in [0.29, 0.717) is 5.75 Å². The Hall–Kier alpha value is -0.960. The van der Waals surface area contributed by atoms with Gasteiger partial charge in [-0.2, -0.15) is 0 Å². The zero-order chi connectivity index (χ0) is 6.69. The molecule has 1 aromatic heterocycles. The first-order chi connectivity index (χ1) is 4.34. The maximum Gasteiger partial charge on any atom is 0.290 e. The number of halogens is 1. The van der Waals surface area contributed by atoms with Gasteiger partial charge in [0.2, 0.25) is 0 Å². The van der Waals surface area contributed by atoms with E-state index in [2.05, 4.69) is 4.98 Å². The predicted molar refractivity (Wildman–Crippen MR) is 40.9 cm³/mol. The van der Waals surface area contributed by atoms with Crippen molar-refractivity contribution in [3.63, 3.8) is 0 Å². The van der Waals surface area contributed by atoms with Gasteiger partial charge >= 0.3 is 0 Å². The third-order valence-electron chi connectivity index (χ3n) is 1.00. The van der Waals surface area contributed by atoms with Gasteiger partial charge in [-0.3, -0.25) is 4.79 Å². The van der Waals surface area contributed by atoms with Gasteiger partial charge in [-0.1, -0.05) is 0 Å². The first-order valence-electron chi connectivity index (χ1n) is 2.56. The van der Waals surface area contributed by atoms with Crippen molar-refractivity contribution >= 4 is 12.4 Å². The lowest BCUT2D eigenvalue weighted by atomic mass is 10.5. The molecule has 0 aliphatic heterocycles. The van der Waals surface area contributed by atoms with Crippen molar-refractivity contribution in [1.29, 1.82) is 0 Å². The number of methoxy groups -OCH3 is 1. The van der Waals surface area contributed by atoms with Crippen molar-refractivity contribution < 1.29 is 4.74 Å². The van der Waals surface area contributed by atoms with Crippen molar-refractivity contribution in [2.24, 2.45) is 0 Å². The largest absolute Gasteiger partial charge is 0.491 e. The van der Waals surface area contributed by atoms with Crippen LogP contribution in [0.4, 0.5) is 0 Å². The van der Waals surface area contributed by atoms with Gasteiger partial charge in [0.1, 0.15) is 0 Å². The number of rotatable bonds is 1. The molecule has 10 heavy (non-hydrogen) atoms. The first-order valence-corrected chi connectivity index (χ1v) is 2.56. The molecule has 1 aromatic rings. The molecule has 0 saturated carbocycles. The fourth-order valence-corrected chi connectivity index (χ4v) is 0.567. The minimum Gasteiger partial charge on any atom is -0.491 e. The van der Waals surface area contributed by atoms with Gasteiger partial charge in [-0.25, -0.2) is 0 Å². The number of hydrogen-bond donors (Lipinski definition) is 1. The Morgan fingerprint density at radius 3 is 2.70 bits per heavy atom. The van der Waals surface area contributed by atoms with Crippen LogP contribution < -0.4 is 10.3 Å². The van der Waals surface area contributed by atoms with Gasteiger partial charge < -0.3 is 9.72 Å². The Morgan fingerprint density at radius 2 is 2.30 bits per heavy atom. The van der Waals surface area contributed by atoms with Crippen LogP contribution in [-0.2, 0) is 0 Å². The highest BCUT2D eigenvalue weighted by Gasteiger charge is 1.91. The third kappa shape index (κ3) is 1.77. The van der Waals surface area contributed by atoms with Crippen molar-refractivity contribution in [2.45, 2.75) is 0 Å². The molecule has 0 aliphatic carbocycles. The van der Waals surface area contributed by atoms with Crippen LogP contribution in [0.1, 0.15) is 0 Å². The Kier molecular flexibility index (Phi) is 3.57. The van der Waals surface area contributed by atoms with Crippen LogP contribution in [0.15, 0.2) is 23.1 Å². The summed E-state index contributed by atoms with van der Waals surface area (Å²) in [7, 11) is 1.46. The van der Waals surface area contributed by atoms with Gasteiger partial charge in [-0.05, 0) is 12.1 Å². The van der Waals surface area contributed by atoms with E-state index < -0.39 is 0 Å². The van der Waals surface area contributed by atoms with Gasteiger partial charge in [0.05, 0.1) is 7.11 Å². The van der Waals surface area contributed by atoms with Crippen molar-refractivity contribution in [3.05, 3.63) is 28.7 Å². The molecule has 1 rings (SSSR count). The molecular formula is C6H8ClNO2. The van der Waals surface area contributed by atoms with Gasteiger partial charge in [0.15, 0.2) is 5.75 Å². The van der Waals surface area contributed by atoms with E-state index in [9.17, 15) is 4.79 Å². The minimum absolute atomic E-state index is 0. The van der Waals surface area contributed by atoms with Crippen LogP contribution in [0.25, 0.3) is 0 Å². The lowest BCUT2D eigenvalue weighted by Crippen LogP contribution is -2.06. The molecule has 4 heteroatoms. The fraction of sp³-hybridized carbons (Fsp3) is 0.167. The lowest BCUT2D eigenvalue weighted by molar-refractivity contribution is 0.408. The average molecular weight is 162 g/mol. The van der Waals surface area contributed by atoms with Crippen LogP contribution in [0.5, 0.6) is 5.75 Å². The summed E-state index contributed by atoms with van der Waals surface area (Å²) in [4.78, 5) is 13.1. The first kappa shape index (κ1) is 9.04. The molecule has 0 fully saturated rings. The molecule has 0 spiro atoms. The van der Waals surface area contributed by atoms with Crippen molar-refractivity contribution in [1.82, 2.24) is 4.98 Å². The molecule has 0 aromatic carbocycles. The van der Waals surface area contributed by atoms with Crippen LogP contribution in [0, 0.1) is 0 Å². The summed E-state index contributed by atoms with van der Waals surface area (Å²) in [6.45, 7) is 0. The fourth-order valence-electron chi connectivity index (χ4n) is 0.567. The lowest BCUT2D eigenvalue weighted by Gasteiger charge is -1.93. The summed E-state index contributed by atoms with van der Waals surface area (Å²) in [5.74, 6) is 0.345. The molecule has 0 radical (unpaired) electrons. The second-order valence-corrected chi connectivity index (χ2v) is 1.57. The summed E-state index contributed by atoms with van der Waals surface area (Å²) < 4.78 is 4.70. The Balaban J connectivity index is 0.000000810. The zero-order valence-corrected chi connectivity index (χ0v) is 6.27. The molecule has 0 saturated heterocycles. The standard InChI is InChI=1S/C6H7NO2.ClH/c1-9-5-3-2-4-7-6(5)8;/h2-4H,1H3,(H,7,8);1H. The van der Waals surface area contributed by atoms with Gasteiger partial charge in [-0.15, -0.1) is 12.4 Å². The van der Waals surface area contributed by atoms with E-state index in [-0.39, 0.29) is 18.0 Å². The highest BCUT2D eigenvalue weighted by Crippen LogP contribution is 1.95. The number of nitrogens with one attached hydrogen (secondary N) is 1. The van der Waals surface area contributed by atoms with E-state index in [1.807, 2.05) is 0 Å². The molecule has 0 unspecified atom stereocenters. The van der Waals surface area contributed by atoms with Crippen LogP contribution in [0.2, 0.25) is 0 Å². The molecule has 0 amide bonds. The quantitative estimate of drug-likeness (QED) is 0.662. The monoisotopic (exact) mass is 161 g/mol. The summed E-state index contributed by atoms with van der Waals surface area (Å²) in [6.07, 6.45) is 1.56. The number of aromatic nitrogens is 1. The predicted octanol–water partition coefficient (Wildman–Crippen LogP) is 0.805. The van der Waals surface area contributed by atoms with E-state index in [0.717, 1.165) is 0 Å². The van der Waals surface area contributed by atoms with E-state index in [1.54, 1.807) is 18.3 Å². The second-order valence-electron chi connectivity index (χ2n) is 1.57. The maximum atomic E-state index is 10.7. The van der Waals surface area contributed by atoms with E-state index in [4.69, 9.17) is 4.74 Å². The summed E-state index contributed by atoms with van der Waals surface area (Å²) in [5, 5.41) is 0. The molecule has 1 N–H and O–H groups in total. The molecule has 3 nitrogen and oxygen atoms in total. The van der Waals surface area contributed by atoms with Crippen LogP contribution >= 0.6 is 12.4 Å². The summed E-state index contributed by atoms with van der Waals surface area (Å²) >= 11 is 0. The Labute approximate surface area is 64.4 Å². The molecule has 0 aliphatic rings. The zero-order valence-electron chi connectivity index (χ0n) is 5.46. The highest BCUT2D eigenvalue weighted by molar-refractivity contribution is 5.85. The molecular weight excluding hydrogens is 154 g/mol. The number of ether oxygens (including phenoxy) is 1. The summed E-state index contributed by atoms with van der Waals surface area (Å²) in [5.41, 5.74) is -0.194. The van der Waals surface area contributed by atoms with E-state index in [1.165, 1.54) is 7.11 Å². The Bertz CT molecular complexity index is 246.